The van der Waals surface area contributed by atoms with Crippen LogP contribution in [0.5, 0.6) is 0 Å². The van der Waals surface area contributed by atoms with Crippen LogP contribution >= 0.6 is 11.6 Å². The van der Waals surface area contributed by atoms with Crippen LogP contribution in [0.1, 0.15) is 59.4 Å². The lowest BCUT2D eigenvalue weighted by molar-refractivity contribution is -0.146. The molecule has 3 aliphatic heterocycles. The molecule has 0 spiro atoms. The number of nitrogens with zero attached hydrogens (tertiary/aromatic N) is 4. The number of piperazine rings is 1. The van der Waals surface area contributed by atoms with Gasteiger partial charge in [0, 0.05) is 73.8 Å². The maximum absolute atomic E-state index is 15.4. The van der Waals surface area contributed by atoms with Crippen molar-refractivity contribution in [1.29, 1.82) is 0 Å². The minimum Gasteiger partial charge on any atom is -0.338 e. The monoisotopic (exact) mass is 657 g/mol. The molecule has 3 heterocycles. The molecule has 1 N–H and O–H groups in total. The Morgan fingerprint density at radius 2 is 1.54 bits per heavy atom. The highest BCUT2D eigenvalue weighted by molar-refractivity contribution is 6.30. The summed E-state index contributed by atoms with van der Waals surface area (Å²) in [6.45, 7) is 15.1. The summed E-state index contributed by atoms with van der Waals surface area (Å²) in [6, 6.07) is 9.19. The van der Waals surface area contributed by atoms with Gasteiger partial charge in [-0.2, -0.15) is 0 Å². The second kappa shape index (κ2) is 13.2. The van der Waals surface area contributed by atoms with E-state index in [-0.39, 0.29) is 47.8 Å². The van der Waals surface area contributed by atoms with Crippen LogP contribution in [0.4, 0.5) is 14.5 Å². The maximum Gasteiger partial charge on any atom is 0.245 e. The zero-order chi connectivity index (χ0) is 33.6. The fraction of sp³-hybridized carbons (Fsp3) is 0.571. The van der Waals surface area contributed by atoms with E-state index in [1.165, 1.54) is 11.0 Å². The van der Waals surface area contributed by atoms with Crippen molar-refractivity contribution in [2.45, 2.75) is 71.5 Å². The summed E-state index contributed by atoms with van der Waals surface area (Å²) in [5.74, 6) is -2.92. The number of likely N-dealkylation sites (tertiary alicyclic amines) is 2. The molecule has 1 unspecified atom stereocenters. The Morgan fingerprint density at radius 3 is 2.13 bits per heavy atom. The molecule has 0 saturated carbocycles. The van der Waals surface area contributed by atoms with Crippen molar-refractivity contribution in [3.8, 4) is 0 Å². The van der Waals surface area contributed by atoms with E-state index in [1.54, 1.807) is 30.6 Å². The molecule has 2 aromatic rings. The van der Waals surface area contributed by atoms with Crippen LogP contribution in [0.25, 0.3) is 0 Å². The van der Waals surface area contributed by atoms with Crippen LogP contribution in [-0.2, 0) is 14.4 Å². The molecule has 8 nitrogen and oxygen atoms in total. The number of nitrogens with one attached hydrogen (secondary N) is 1. The molecule has 3 aliphatic rings. The highest BCUT2D eigenvalue weighted by atomic mass is 35.5. The third-order valence-corrected chi connectivity index (χ3v) is 9.81. The van der Waals surface area contributed by atoms with Crippen molar-refractivity contribution in [1.82, 2.24) is 20.0 Å². The molecule has 0 radical (unpaired) electrons. The van der Waals surface area contributed by atoms with Crippen molar-refractivity contribution in [2.24, 2.45) is 11.3 Å². The lowest BCUT2D eigenvalue weighted by atomic mass is 9.88. The third kappa shape index (κ3) is 7.09. The molecule has 0 bridgehead atoms. The first-order valence-corrected chi connectivity index (χ1v) is 16.5. The summed E-state index contributed by atoms with van der Waals surface area (Å²) in [5, 5.41) is 3.87. The van der Waals surface area contributed by atoms with Gasteiger partial charge in [0.2, 0.25) is 17.7 Å². The van der Waals surface area contributed by atoms with Crippen LogP contribution in [0.2, 0.25) is 5.02 Å². The fourth-order valence-corrected chi connectivity index (χ4v) is 7.07. The number of carbonyl (C=O) groups is 3. The van der Waals surface area contributed by atoms with Gasteiger partial charge in [0.25, 0.3) is 0 Å². The van der Waals surface area contributed by atoms with E-state index in [0.29, 0.717) is 44.3 Å². The standard InChI is InChI=1S/C35H46ClF2N5O3/c1-34(2,3)33(46)43(29-12-11-24(37)17-28(29)38)25-18-30(32(45)40-15-13-39-14-16-40)42(19-25)31(44)27-21-41(35(4,5)6)20-26(27)22-7-9-23(36)10-8-22/h7-12,17,25-27,30,39H,13-16,18-21H2,1-6H3/t25?,26-,27+,30-/m0/s1. The zero-order valence-corrected chi connectivity index (χ0v) is 28.4. The van der Waals surface area contributed by atoms with Gasteiger partial charge in [-0.3, -0.25) is 19.3 Å². The highest BCUT2D eigenvalue weighted by Crippen LogP contribution is 2.40. The molecule has 2 aromatic carbocycles. The maximum atomic E-state index is 15.4. The molecule has 3 amide bonds. The Bertz CT molecular complexity index is 1450. The number of hydrogen-bond donors (Lipinski definition) is 1. The van der Waals surface area contributed by atoms with Gasteiger partial charge >= 0.3 is 0 Å². The molecular formula is C35H46ClF2N5O3. The van der Waals surface area contributed by atoms with Crippen molar-refractivity contribution in [2.75, 3.05) is 50.7 Å². The van der Waals surface area contributed by atoms with Crippen LogP contribution in [0, 0.1) is 23.0 Å². The van der Waals surface area contributed by atoms with E-state index < -0.39 is 35.1 Å². The first-order chi connectivity index (χ1) is 21.6. The highest BCUT2D eigenvalue weighted by Gasteiger charge is 2.51. The largest absolute Gasteiger partial charge is 0.338 e. The van der Waals surface area contributed by atoms with Gasteiger partial charge in [-0.1, -0.05) is 44.5 Å². The second-order valence-electron chi connectivity index (χ2n) is 14.8. The SMILES string of the molecule is CC(C)(C)C(=O)N(c1ccc(F)cc1F)C1C[C@@H](C(=O)N2CCNCC2)N(C(=O)[C@@H]2CN(C(C)(C)C)C[C@H]2c2ccc(Cl)cc2)C1. The van der Waals surface area contributed by atoms with Gasteiger partial charge < -0.3 is 20.0 Å². The van der Waals surface area contributed by atoms with E-state index in [9.17, 15) is 18.8 Å². The Labute approximate surface area is 276 Å². The van der Waals surface area contributed by atoms with Crippen LogP contribution in [0.15, 0.2) is 42.5 Å². The van der Waals surface area contributed by atoms with Crippen LogP contribution in [-0.4, -0.2) is 95.9 Å². The molecule has 4 atom stereocenters. The summed E-state index contributed by atoms with van der Waals surface area (Å²) in [6.07, 6.45) is 0.147. The summed E-state index contributed by atoms with van der Waals surface area (Å²) in [5.41, 5.74) is -0.172. The van der Waals surface area contributed by atoms with E-state index >= 15 is 4.39 Å². The van der Waals surface area contributed by atoms with Gasteiger partial charge in [0.15, 0.2) is 0 Å². The third-order valence-electron chi connectivity index (χ3n) is 9.55. The minimum atomic E-state index is -0.908. The normalized spacial score (nSPS) is 24.4. The first kappa shape index (κ1) is 34.3. The second-order valence-corrected chi connectivity index (χ2v) is 15.3. The van der Waals surface area contributed by atoms with Gasteiger partial charge in [0.05, 0.1) is 17.6 Å². The quantitative estimate of drug-likeness (QED) is 0.495. The van der Waals surface area contributed by atoms with E-state index in [4.69, 9.17) is 11.6 Å². The number of anilines is 1. The van der Waals surface area contributed by atoms with Gasteiger partial charge in [-0.05, 0) is 57.0 Å². The molecule has 3 saturated heterocycles. The van der Waals surface area contributed by atoms with Gasteiger partial charge in [0.1, 0.15) is 17.7 Å². The molecule has 250 valence electrons. The predicted octanol–water partition coefficient (Wildman–Crippen LogP) is 4.91. The van der Waals surface area contributed by atoms with Gasteiger partial charge in [-0.25, -0.2) is 8.78 Å². The fourth-order valence-electron chi connectivity index (χ4n) is 6.95. The number of hydrogen-bond acceptors (Lipinski definition) is 5. The van der Waals surface area contributed by atoms with Crippen molar-refractivity contribution >= 4 is 35.0 Å². The molecule has 0 aromatic heterocycles. The van der Waals surface area contributed by atoms with Gasteiger partial charge in [-0.15, -0.1) is 0 Å². The van der Waals surface area contributed by atoms with Crippen molar-refractivity contribution in [3.05, 3.63) is 64.7 Å². The summed E-state index contributed by atoms with van der Waals surface area (Å²) < 4.78 is 29.3. The number of rotatable bonds is 5. The van der Waals surface area contributed by atoms with Crippen molar-refractivity contribution in [3.63, 3.8) is 0 Å². The Balaban J connectivity index is 1.55. The van der Waals surface area contributed by atoms with E-state index in [1.807, 2.05) is 24.3 Å². The average molecular weight is 658 g/mol. The van der Waals surface area contributed by atoms with E-state index in [2.05, 4.69) is 31.0 Å². The number of benzene rings is 2. The number of carbonyl (C=O) groups excluding carboxylic acids is 3. The summed E-state index contributed by atoms with van der Waals surface area (Å²) in [4.78, 5) is 50.0. The van der Waals surface area contributed by atoms with Crippen LogP contribution in [0.3, 0.4) is 0 Å². The lowest BCUT2D eigenvalue weighted by Crippen LogP contribution is -2.54. The Kier molecular flexibility index (Phi) is 9.83. The molecule has 3 fully saturated rings. The minimum absolute atomic E-state index is 0.0549. The number of amides is 3. The summed E-state index contributed by atoms with van der Waals surface area (Å²) >= 11 is 6.21. The average Bonchev–Trinajstić information content (AvgIpc) is 3.64. The lowest BCUT2D eigenvalue weighted by Gasteiger charge is -2.35. The van der Waals surface area contributed by atoms with Crippen molar-refractivity contribution < 1.29 is 23.2 Å². The van der Waals surface area contributed by atoms with E-state index in [0.717, 1.165) is 17.7 Å². The predicted molar refractivity (Wildman–Crippen MR) is 176 cm³/mol. The zero-order valence-electron chi connectivity index (χ0n) is 27.7. The Morgan fingerprint density at radius 1 is 0.891 bits per heavy atom. The van der Waals surface area contributed by atoms with Crippen LogP contribution < -0.4 is 10.2 Å². The number of halogens is 3. The summed E-state index contributed by atoms with van der Waals surface area (Å²) in [7, 11) is 0. The molecular weight excluding hydrogens is 612 g/mol. The molecule has 46 heavy (non-hydrogen) atoms. The topological polar surface area (TPSA) is 76.2 Å². The smallest absolute Gasteiger partial charge is 0.245 e. The molecule has 0 aliphatic carbocycles. The Hall–Kier alpha value is -3.08. The molecule has 11 heteroatoms. The molecule has 5 rings (SSSR count). The first-order valence-electron chi connectivity index (χ1n) is 16.2.